The van der Waals surface area contributed by atoms with E-state index in [0.29, 0.717) is 23.1 Å². The maximum Gasteiger partial charge on any atom is 0.325 e. The molecule has 8 heteroatoms. The van der Waals surface area contributed by atoms with Gasteiger partial charge in [0.25, 0.3) is 0 Å². The Morgan fingerprint density at radius 1 is 1.18 bits per heavy atom. The summed E-state index contributed by atoms with van der Waals surface area (Å²) in [5.41, 5.74) is 4.67. The van der Waals surface area contributed by atoms with Gasteiger partial charge in [0.15, 0.2) is 0 Å². The zero-order valence-corrected chi connectivity index (χ0v) is 19.6. The number of nitrogens with one attached hydrogen (secondary N) is 2. The number of hydrogen-bond donors (Lipinski definition) is 2. The zero-order valence-electron chi connectivity index (χ0n) is 18.9. The number of amidine groups is 1. The van der Waals surface area contributed by atoms with Crippen LogP contribution in [0.3, 0.4) is 0 Å². The highest BCUT2D eigenvalue weighted by Gasteiger charge is 2.20. The molecule has 1 aliphatic carbocycles. The SMILES string of the molecule is C/C=C/C1=CC(Nc2cc(N3CCNCC3)nc(Oc3ccc4c(c3Cl)C=C(C)C4)n2)=NC1. The number of ether oxygens (including phenoxy) is 1. The third-order valence-corrected chi connectivity index (χ3v) is 6.21. The van der Waals surface area contributed by atoms with Crippen molar-refractivity contribution in [3.8, 4) is 11.8 Å². The lowest BCUT2D eigenvalue weighted by molar-refractivity contribution is 0.441. The Bertz CT molecular complexity index is 1190. The molecule has 0 atom stereocenters. The minimum atomic E-state index is 0.255. The van der Waals surface area contributed by atoms with E-state index in [0.717, 1.165) is 55.4 Å². The van der Waals surface area contributed by atoms with E-state index in [2.05, 4.69) is 50.7 Å². The van der Waals surface area contributed by atoms with Gasteiger partial charge in [-0.05, 0) is 43.5 Å². The van der Waals surface area contributed by atoms with Crippen LogP contribution >= 0.6 is 11.6 Å². The quantitative estimate of drug-likeness (QED) is 0.675. The number of nitrogens with zero attached hydrogens (tertiary/aromatic N) is 4. The molecule has 170 valence electrons. The van der Waals surface area contributed by atoms with Crippen molar-refractivity contribution < 1.29 is 4.74 Å². The molecule has 1 aromatic carbocycles. The third-order valence-electron chi connectivity index (χ3n) is 5.82. The number of anilines is 2. The van der Waals surface area contributed by atoms with Gasteiger partial charge in [-0.15, -0.1) is 0 Å². The van der Waals surface area contributed by atoms with Gasteiger partial charge in [-0.1, -0.05) is 41.5 Å². The lowest BCUT2D eigenvalue weighted by Crippen LogP contribution is -2.44. The smallest absolute Gasteiger partial charge is 0.325 e. The Labute approximate surface area is 198 Å². The lowest BCUT2D eigenvalue weighted by Gasteiger charge is -2.28. The fourth-order valence-corrected chi connectivity index (χ4v) is 4.52. The molecule has 1 aromatic heterocycles. The molecule has 1 fully saturated rings. The maximum atomic E-state index is 6.69. The van der Waals surface area contributed by atoms with Crippen LogP contribution in [0.1, 0.15) is 25.0 Å². The summed E-state index contributed by atoms with van der Waals surface area (Å²) in [6, 6.07) is 6.15. The Hall–Kier alpha value is -3.16. The number of aliphatic imine (C=N–C) groups is 1. The highest BCUT2D eigenvalue weighted by molar-refractivity contribution is 6.33. The molecule has 5 rings (SSSR count). The van der Waals surface area contributed by atoms with Crippen LogP contribution in [0.2, 0.25) is 5.02 Å². The van der Waals surface area contributed by atoms with E-state index < -0.39 is 0 Å². The summed E-state index contributed by atoms with van der Waals surface area (Å²) in [6.07, 6.45) is 9.14. The minimum absolute atomic E-state index is 0.255. The normalized spacial score (nSPS) is 17.7. The Morgan fingerprint density at radius 3 is 2.85 bits per heavy atom. The molecule has 0 unspecified atom stereocenters. The molecule has 7 nitrogen and oxygen atoms in total. The molecule has 0 spiro atoms. The van der Waals surface area contributed by atoms with Gasteiger partial charge in [-0.3, -0.25) is 4.99 Å². The van der Waals surface area contributed by atoms with Gasteiger partial charge in [0, 0.05) is 37.8 Å². The molecule has 2 aliphatic heterocycles. The highest BCUT2D eigenvalue weighted by Crippen LogP contribution is 2.38. The standard InChI is InChI=1S/C25H27ClN6O/c1-3-4-17-13-21(28-15-17)29-22-14-23(32-9-7-27-8-10-32)31-25(30-22)33-20-6-5-18-11-16(2)12-19(18)24(20)26/h3-6,12-14,27H,7-11,15H2,1-2H3,(H,28,29,30,31)/b4-3+. The fourth-order valence-electron chi connectivity index (χ4n) is 4.24. The molecule has 3 heterocycles. The molecule has 0 amide bonds. The van der Waals surface area contributed by atoms with Crippen molar-refractivity contribution in [2.24, 2.45) is 4.99 Å². The van der Waals surface area contributed by atoms with E-state index in [1.165, 1.54) is 11.1 Å². The number of piperazine rings is 1. The van der Waals surface area contributed by atoms with Gasteiger partial charge < -0.3 is 20.3 Å². The van der Waals surface area contributed by atoms with Crippen LogP contribution in [0.5, 0.6) is 11.8 Å². The van der Waals surface area contributed by atoms with E-state index in [1.807, 2.05) is 31.2 Å². The number of halogens is 1. The van der Waals surface area contributed by atoms with E-state index >= 15 is 0 Å². The third kappa shape index (κ3) is 4.79. The van der Waals surface area contributed by atoms with Crippen LogP contribution in [0, 0.1) is 0 Å². The minimum Gasteiger partial charge on any atom is -0.423 e. The van der Waals surface area contributed by atoms with E-state index in [-0.39, 0.29) is 6.01 Å². The lowest BCUT2D eigenvalue weighted by atomic mass is 10.1. The summed E-state index contributed by atoms with van der Waals surface area (Å²) >= 11 is 6.69. The molecule has 0 radical (unpaired) electrons. The Kier molecular flexibility index (Phi) is 6.15. The second-order valence-electron chi connectivity index (χ2n) is 8.40. The van der Waals surface area contributed by atoms with E-state index in [9.17, 15) is 0 Å². The molecule has 2 N–H and O–H groups in total. The van der Waals surface area contributed by atoms with Crippen LogP contribution in [0.4, 0.5) is 11.6 Å². The van der Waals surface area contributed by atoms with Gasteiger partial charge in [0.1, 0.15) is 23.2 Å². The molecular formula is C25H27ClN6O. The van der Waals surface area contributed by atoms with Crippen LogP contribution in [-0.4, -0.2) is 48.5 Å². The maximum absolute atomic E-state index is 6.69. The number of benzene rings is 1. The number of hydrogen-bond acceptors (Lipinski definition) is 7. The predicted octanol–water partition coefficient (Wildman–Crippen LogP) is 4.62. The van der Waals surface area contributed by atoms with Gasteiger partial charge in [0.2, 0.25) is 0 Å². The van der Waals surface area contributed by atoms with Gasteiger partial charge in [0.05, 0.1) is 11.6 Å². The molecule has 3 aliphatic rings. The average Bonchev–Trinajstić information content (AvgIpc) is 3.42. The second kappa shape index (κ2) is 9.37. The van der Waals surface area contributed by atoms with Crippen LogP contribution in [0.15, 0.2) is 52.6 Å². The molecular weight excluding hydrogens is 436 g/mol. The van der Waals surface area contributed by atoms with Crippen molar-refractivity contribution in [1.29, 1.82) is 0 Å². The zero-order chi connectivity index (χ0) is 22.8. The predicted molar refractivity (Wildman–Crippen MR) is 135 cm³/mol. The van der Waals surface area contributed by atoms with Crippen molar-refractivity contribution in [2.75, 3.05) is 42.9 Å². The van der Waals surface area contributed by atoms with Crippen molar-refractivity contribution in [2.45, 2.75) is 20.3 Å². The van der Waals surface area contributed by atoms with Crippen LogP contribution < -0.4 is 20.3 Å². The van der Waals surface area contributed by atoms with Crippen molar-refractivity contribution >= 4 is 35.1 Å². The monoisotopic (exact) mass is 462 g/mol. The first-order chi connectivity index (χ1) is 16.1. The van der Waals surface area contributed by atoms with Crippen molar-refractivity contribution in [3.05, 3.63) is 63.7 Å². The Balaban J connectivity index is 1.45. The first kappa shape index (κ1) is 21.7. The summed E-state index contributed by atoms with van der Waals surface area (Å²) in [6.45, 7) is 8.32. The number of allylic oxidation sites excluding steroid dienone is 2. The summed E-state index contributed by atoms with van der Waals surface area (Å²) in [7, 11) is 0. The fraction of sp³-hybridized carbons (Fsp3) is 0.320. The molecule has 33 heavy (non-hydrogen) atoms. The van der Waals surface area contributed by atoms with Crippen LogP contribution in [0.25, 0.3) is 6.08 Å². The molecule has 1 saturated heterocycles. The highest BCUT2D eigenvalue weighted by atomic mass is 35.5. The topological polar surface area (TPSA) is 74.7 Å². The molecule has 0 saturated carbocycles. The number of rotatable bonds is 5. The summed E-state index contributed by atoms with van der Waals surface area (Å²) in [4.78, 5) is 16.1. The van der Waals surface area contributed by atoms with E-state index in [1.54, 1.807) is 0 Å². The largest absolute Gasteiger partial charge is 0.423 e. The van der Waals surface area contributed by atoms with Gasteiger partial charge in [-0.2, -0.15) is 9.97 Å². The van der Waals surface area contributed by atoms with Crippen LogP contribution in [-0.2, 0) is 6.42 Å². The van der Waals surface area contributed by atoms with E-state index in [4.69, 9.17) is 21.3 Å². The summed E-state index contributed by atoms with van der Waals surface area (Å²) in [5, 5.41) is 7.29. The molecule has 0 bridgehead atoms. The number of fused-ring (bicyclic) bond motifs is 1. The average molecular weight is 463 g/mol. The second-order valence-corrected chi connectivity index (χ2v) is 8.77. The molecule has 2 aromatic rings. The Morgan fingerprint density at radius 2 is 2.03 bits per heavy atom. The first-order valence-electron chi connectivity index (χ1n) is 11.2. The summed E-state index contributed by atoms with van der Waals surface area (Å²) < 4.78 is 6.13. The van der Waals surface area contributed by atoms with Crippen molar-refractivity contribution in [3.63, 3.8) is 0 Å². The van der Waals surface area contributed by atoms with Gasteiger partial charge >= 0.3 is 6.01 Å². The van der Waals surface area contributed by atoms with Crippen molar-refractivity contribution in [1.82, 2.24) is 15.3 Å². The number of aromatic nitrogens is 2. The van der Waals surface area contributed by atoms with Gasteiger partial charge in [-0.25, -0.2) is 0 Å². The summed E-state index contributed by atoms with van der Waals surface area (Å²) in [5.74, 6) is 2.78. The first-order valence-corrected chi connectivity index (χ1v) is 11.6.